The average Bonchev–Trinajstić information content (AvgIpc) is 2.58. The summed E-state index contributed by atoms with van der Waals surface area (Å²) >= 11 is 12.1. The Hall–Kier alpha value is -2.15. The second-order valence-corrected chi connectivity index (χ2v) is 6.33. The first-order chi connectivity index (χ1) is 11.9. The summed E-state index contributed by atoms with van der Waals surface area (Å²) in [7, 11) is 3.82. The van der Waals surface area contributed by atoms with E-state index < -0.39 is 5.91 Å². The molecule has 6 nitrogen and oxygen atoms in total. The first kappa shape index (κ1) is 19.2. The van der Waals surface area contributed by atoms with Gasteiger partial charge in [-0.05, 0) is 38.4 Å². The topological polar surface area (TPSA) is 74.3 Å². The zero-order valence-electron chi connectivity index (χ0n) is 13.8. The molecule has 0 aliphatic rings. The predicted octanol–water partition coefficient (Wildman–Crippen LogP) is 2.93. The van der Waals surface area contributed by atoms with Crippen molar-refractivity contribution in [1.82, 2.24) is 15.2 Å². The van der Waals surface area contributed by atoms with Crippen LogP contribution < -0.4 is 10.6 Å². The quantitative estimate of drug-likeness (QED) is 0.807. The van der Waals surface area contributed by atoms with Gasteiger partial charge in [-0.2, -0.15) is 0 Å². The minimum atomic E-state index is -0.502. The summed E-state index contributed by atoms with van der Waals surface area (Å²) in [5.41, 5.74) is 0.561. The van der Waals surface area contributed by atoms with Crippen LogP contribution >= 0.6 is 23.2 Å². The van der Waals surface area contributed by atoms with Crippen LogP contribution in [0.25, 0.3) is 0 Å². The van der Waals surface area contributed by atoms with Crippen LogP contribution in [0.5, 0.6) is 0 Å². The lowest BCUT2D eigenvalue weighted by Gasteiger charge is -2.11. The Morgan fingerprint density at radius 2 is 1.56 bits per heavy atom. The van der Waals surface area contributed by atoms with Crippen molar-refractivity contribution < 1.29 is 9.59 Å². The summed E-state index contributed by atoms with van der Waals surface area (Å²) in [6, 6.07) is 9.56. The van der Waals surface area contributed by atoms with Gasteiger partial charge in [0.15, 0.2) is 0 Å². The second kappa shape index (κ2) is 8.80. The van der Waals surface area contributed by atoms with Crippen molar-refractivity contribution in [2.45, 2.75) is 0 Å². The molecule has 2 rings (SSSR count). The molecule has 0 radical (unpaired) electrons. The Labute approximate surface area is 156 Å². The van der Waals surface area contributed by atoms with Crippen LogP contribution in [0.15, 0.2) is 36.4 Å². The number of hydrogen-bond acceptors (Lipinski definition) is 4. The molecular formula is C17H18Cl2N4O2. The summed E-state index contributed by atoms with van der Waals surface area (Å²) in [6.07, 6.45) is 0. The molecule has 2 amide bonds. The number of aromatic nitrogens is 1. The minimum absolute atomic E-state index is 0.0937. The van der Waals surface area contributed by atoms with E-state index in [9.17, 15) is 9.59 Å². The number of likely N-dealkylation sites (N-methyl/N-ethyl adjacent to an activating group) is 1. The Bertz CT molecular complexity index is 761. The fourth-order valence-electron chi connectivity index (χ4n) is 1.97. The Morgan fingerprint density at radius 3 is 2.16 bits per heavy atom. The molecular weight excluding hydrogens is 363 g/mol. The van der Waals surface area contributed by atoms with Crippen molar-refractivity contribution in [3.63, 3.8) is 0 Å². The molecule has 0 bridgehead atoms. The van der Waals surface area contributed by atoms with Crippen LogP contribution in [0.2, 0.25) is 10.0 Å². The number of nitrogens with zero attached hydrogens (tertiary/aromatic N) is 2. The van der Waals surface area contributed by atoms with Crippen molar-refractivity contribution in [1.29, 1.82) is 0 Å². The summed E-state index contributed by atoms with van der Waals surface area (Å²) in [5.74, 6) is -0.842. The van der Waals surface area contributed by atoms with E-state index in [1.807, 2.05) is 19.0 Å². The second-order valence-electron chi connectivity index (χ2n) is 5.52. The van der Waals surface area contributed by atoms with Gasteiger partial charge in [-0.15, -0.1) is 0 Å². The monoisotopic (exact) mass is 380 g/mol. The highest BCUT2D eigenvalue weighted by Gasteiger charge is 2.15. The van der Waals surface area contributed by atoms with Gasteiger partial charge in [0.1, 0.15) is 11.4 Å². The fourth-order valence-corrected chi connectivity index (χ4v) is 2.46. The number of rotatable bonds is 6. The average molecular weight is 381 g/mol. The molecule has 0 saturated carbocycles. The summed E-state index contributed by atoms with van der Waals surface area (Å²) in [6.45, 7) is 1.19. The zero-order chi connectivity index (χ0) is 18.4. The molecule has 0 aliphatic carbocycles. The molecule has 132 valence electrons. The van der Waals surface area contributed by atoms with Gasteiger partial charge in [0.25, 0.3) is 11.8 Å². The predicted molar refractivity (Wildman–Crippen MR) is 99.5 cm³/mol. The number of carbonyl (C=O) groups excluding carboxylic acids is 2. The maximum absolute atomic E-state index is 12.4. The normalized spacial score (nSPS) is 10.6. The lowest BCUT2D eigenvalue weighted by molar-refractivity contribution is 0.0946. The Morgan fingerprint density at radius 1 is 1.00 bits per heavy atom. The Balaban J connectivity index is 2.10. The van der Waals surface area contributed by atoms with E-state index in [0.29, 0.717) is 28.8 Å². The van der Waals surface area contributed by atoms with Gasteiger partial charge in [0, 0.05) is 13.1 Å². The van der Waals surface area contributed by atoms with Crippen LogP contribution in [0, 0.1) is 0 Å². The molecule has 1 aromatic carbocycles. The number of pyridine rings is 1. The first-order valence-corrected chi connectivity index (χ1v) is 8.29. The van der Waals surface area contributed by atoms with Crippen molar-refractivity contribution in [2.75, 3.05) is 32.5 Å². The third kappa shape index (κ3) is 5.42. The van der Waals surface area contributed by atoms with Crippen LogP contribution in [-0.2, 0) is 0 Å². The highest BCUT2D eigenvalue weighted by Crippen LogP contribution is 2.30. The lowest BCUT2D eigenvalue weighted by atomic mass is 10.2. The van der Waals surface area contributed by atoms with E-state index in [1.54, 1.807) is 30.3 Å². The van der Waals surface area contributed by atoms with Gasteiger partial charge in [-0.1, -0.05) is 35.3 Å². The number of amides is 2. The molecule has 8 heteroatoms. The highest BCUT2D eigenvalue weighted by molar-refractivity contribution is 6.40. The van der Waals surface area contributed by atoms with Crippen molar-refractivity contribution >= 4 is 40.7 Å². The van der Waals surface area contributed by atoms with Crippen LogP contribution in [0.1, 0.15) is 21.0 Å². The Kier molecular flexibility index (Phi) is 6.75. The molecule has 0 fully saturated rings. The molecule has 0 spiro atoms. The maximum Gasteiger partial charge on any atom is 0.274 e. The number of halogens is 2. The van der Waals surface area contributed by atoms with Gasteiger partial charge >= 0.3 is 0 Å². The molecule has 0 saturated heterocycles. The number of para-hydroxylation sites is 1. The molecule has 0 aliphatic heterocycles. The SMILES string of the molecule is CN(C)CCNC(=O)c1cccc(C(=O)Nc2c(Cl)cccc2Cl)n1. The third-order valence-corrected chi connectivity index (χ3v) is 3.89. The maximum atomic E-state index is 12.4. The summed E-state index contributed by atoms with van der Waals surface area (Å²) in [4.78, 5) is 30.5. The van der Waals surface area contributed by atoms with E-state index >= 15 is 0 Å². The van der Waals surface area contributed by atoms with Gasteiger partial charge in [0.2, 0.25) is 0 Å². The summed E-state index contributed by atoms with van der Waals surface area (Å²) < 4.78 is 0. The first-order valence-electron chi connectivity index (χ1n) is 7.54. The zero-order valence-corrected chi connectivity index (χ0v) is 15.4. The summed E-state index contributed by atoms with van der Waals surface area (Å²) in [5, 5.41) is 6.00. The minimum Gasteiger partial charge on any atom is -0.349 e. The smallest absolute Gasteiger partial charge is 0.274 e. The number of benzene rings is 1. The largest absolute Gasteiger partial charge is 0.349 e. The third-order valence-electron chi connectivity index (χ3n) is 3.26. The fraction of sp³-hybridized carbons (Fsp3) is 0.235. The number of carbonyl (C=O) groups is 2. The van der Waals surface area contributed by atoms with Crippen molar-refractivity contribution in [3.8, 4) is 0 Å². The van der Waals surface area contributed by atoms with Crippen molar-refractivity contribution in [2.24, 2.45) is 0 Å². The van der Waals surface area contributed by atoms with Gasteiger partial charge in [0.05, 0.1) is 15.7 Å². The van der Waals surface area contributed by atoms with Gasteiger partial charge < -0.3 is 15.5 Å². The van der Waals surface area contributed by atoms with E-state index in [0.717, 1.165) is 0 Å². The molecule has 25 heavy (non-hydrogen) atoms. The van der Waals surface area contributed by atoms with E-state index in [-0.39, 0.29) is 17.3 Å². The van der Waals surface area contributed by atoms with Crippen molar-refractivity contribution in [3.05, 3.63) is 57.8 Å². The van der Waals surface area contributed by atoms with E-state index in [4.69, 9.17) is 23.2 Å². The standard InChI is InChI=1S/C17H18Cl2N4O2/c1-23(2)10-9-20-16(24)13-7-4-8-14(21-13)17(25)22-15-11(18)5-3-6-12(15)19/h3-8H,9-10H2,1-2H3,(H,20,24)(H,22,25). The van der Waals surface area contributed by atoms with Crippen LogP contribution in [-0.4, -0.2) is 48.9 Å². The van der Waals surface area contributed by atoms with Crippen LogP contribution in [0.4, 0.5) is 5.69 Å². The lowest BCUT2D eigenvalue weighted by Crippen LogP contribution is -2.32. The molecule has 1 aromatic heterocycles. The van der Waals surface area contributed by atoms with E-state index in [1.165, 1.54) is 6.07 Å². The number of anilines is 1. The molecule has 0 atom stereocenters. The number of nitrogens with one attached hydrogen (secondary N) is 2. The van der Waals surface area contributed by atoms with Gasteiger partial charge in [-0.3, -0.25) is 9.59 Å². The molecule has 2 N–H and O–H groups in total. The molecule has 0 unspecified atom stereocenters. The van der Waals surface area contributed by atoms with E-state index in [2.05, 4.69) is 15.6 Å². The molecule has 2 aromatic rings. The highest BCUT2D eigenvalue weighted by atomic mass is 35.5. The number of hydrogen-bond donors (Lipinski definition) is 2. The molecule has 1 heterocycles. The van der Waals surface area contributed by atoms with Gasteiger partial charge in [-0.25, -0.2) is 4.98 Å². The van der Waals surface area contributed by atoms with Crippen LogP contribution in [0.3, 0.4) is 0 Å².